The predicted octanol–water partition coefficient (Wildman–Crippen LogP) is 4.13. The second kappa shape index (κ2) is 4.96. The van der Waals surface area contributed by atoms with Crippen LogP contribution in [0.2, 0.25) is 0 Å². The van der Waals surface area contributed by atoms with Crippen molar-refractivity contribution in [3.8, 4) is 11.1 Å². The molecule has 96 valence electrons. The maximum atomic E-state index is 12.2. The average molecular weight is 311 g/mol. The van der Waals surface area contributed by atoms with Gasteiger partial charge in [0.15, 0.2) is 4.84 Å². The SMILES string of the molecule is O=c1[nH]c(C(Cl)Cl)nc2scc(-c3ccccc3)c12. The molecule has 0 aliphatic heterocycles. The van der Waals surface area contributed by atoms with Gasteiger partial charge in [0.2, 0.25) is 0 Å². The molecule has 0 atom stereocenters. The van der Waals surface area contributed by atoms with E-state index in [9.17, 15) is 4.79 Å². The van der Waals surface area contributed by atoms with Crippen LogP contribution in [0.4, 0.5) is 0 Å². The predicted molar refractivity (Wildman–Crippen MR) is 80.1 cm³/mol. The number of aromatic nitrogens is 2. The Bertz CT molecular complexity index is 780. The summed E-state index contributed by atoms with van der Waals surface area (Å²) in [6, 6.07) is 9.72. The Hall–Kier alpha value is -1.36. The normalized spacial score (nSPS) is 11.3. The second-order valence-electron chi connectivity index (χ2n) is 3.95. The van der Waals surface area contributed by atoms with Gasteiger partial charge < -0.3 is 4.98 Å². The van der Waals surface area contributed by atoms with Crippen LogP contribution in [-0.4, -0.2) is 9.97 Å². The Morgan fingerprint density at radius 2 is 1.95 bits per heavy atom. The number of alkyl halides is 2. The largest absolute Gasteiger partial charge is 0.308 e. The van der Waals surface area contributed by atoms with Crippen molar-refractivity contribution in [1.29, 1.82) is 0 Å². The number of benzene rings is 1. The van der Waals surface area contributed by atoms with Crippen LogP contribution in [-0.2, 0) is 0 Å². The van der Waals surface area contributed by atoms with E-state index < -0.39 is 4.84 Å². The molecule has 0 bridgehead atoms. The lowest BCUT2D eigenvalue weighted by molar-refractivity contribution is 1.02. The smallest absolute Gasteiger partial charge is 0.260 e. The van der Waals surface area contributed by atoms with Crippen LogP contribution in [0.25, 0.3) is 21.3 Å². The summed E-state index contributed by atoms with van der Waals surface area (Å²) < 4.78 is 0. The van der Waals surface area contributed by atoms with Gasteiger partial charge in [0.25, 0.3) is 5.56 Å². The van der Waals surface area contributed by atoms with E-state index in [4.69, 9.17) is 23.2 Å². The van der Waals surface area contributed by atoms with Crippen LogP contribution < -0.4 is 5.56 Å². The van der Waals surface area contributed by atoms with Crippen molar-refractivity contribution in [2.24, 2.45) is 0 Å². The topological polar surface area (TPSA) is 45.8 Å². The third-order valence-electron chi connectivity index (χ3n) is 2.75. The van der Waals surface area contributed by atoms with Gasteiger partial charge in [-0.05, 0) is 5.56 Å². The van der Waals surface area contributed by atoms with E-state index in [0.29, 0.717) is 10.2 Å². The van der Waals surface area contributed by atoms with E-state index in [1.54, 1.807) is 0 Å². The lowest BCUT2D eigenvalue weighted by atomic mass is 10.1. The number of hydrogen-bond donors (Lipinski definition) is 1. The van der Waals surface area contributed by atoms with Gasteiger partial charge in [-0.15, -0.1) is 11.3 Å². The van der Waals surface area contributed by atoms with Crippen LogP contribution in [0.5, 0.6) is 0 Å². The number of aromatic amines is 1. The molecule has 0 unspecified atom stereocenters. The molecular weight excluding hydrogens is 303 g/mol. The number of rotatable bonds is 2. The van der Waals surface area contributed by atoms with Crippen molar-refractivity contribution in [2.75, 3.05) is 0 Å². The quantitative estimate of drug-likeness (QED) is 0.723. The molecule has 0 spiro atoms. The lowest BCUT2D eigenvalue weighted by Gasteiger charge is -2.02. The van der Waals surface area contributed by atoms with Crippen molar-refractivity contribution < 1.29 is 0 Å². The highest BCUT2D eigenvalue weighted by Gasteiger charge is 2.15. The molecule has 0 aliphatic rings. The molecule has 0 amide bonds. The Balaban J connectivity index is 2.28. The number of nitrogens with zero attached hydrogens (tertiary/aromatic N) is 1. The van der Waals surface area contributed by atoms with Gasteiger partial charge in [-0.1, -0.05) is 53.5 Å². The Kier molecular flexibility index (Phi) is 3.31. The van der Waals surface area contributed by atoms with E-state index in [0.717, 1.165) is 11.1 Å². The number of H-pyrrole nitrogens is 1. The fourth-order valence-corrected chi connectivity index (χ4v) is 3.06. The van der Waals surface area contributed by atoms with Crippen molar-refractivity contribution in [3.63, 3.8) is 0 Å². The zero-order valence-corrected chi connectivity index (χ0v) is 11.9. The number of nitrogens with one attached hydrogen (secondary N) is 1. The fraction of sp³-hybridized carbons (Fsp3) is 0.0769. The summed E-state index contributed by atoms with van der Waals surface area (Å²) in [5.74, 6) is 0.280. The average Bonchev–Trinajstić information content (AvgIpc) is 2.84. The van der Waals surface area contributed by atoms with Gasteiger partial charge in [-0.25, -0.2) is 4.98 Å². The fourth-order valence-electron chi connectivity index (χ4n) is 1.90. The Labute approximate surface area is 122 Å². The van der Waals surface area contributed by atoms with Crippen LogP contribution in [0.15, 0.2) is 40.5 Å². The minimum atomic E-state index is -0.834. The molecule has 1 N–H and O–H groups in total. The molecule has 0 saturated heterocycles. The molecule has 1 aromatic carbocycles. The minimum absolute atomic E-state index is 0.216. The molecule has 0 aliphatic carbocycles. The first-order chi connectivity index (χ1) is 9.16. The number of thiophene rings is 1. The van der Waals surface area contributed by atoms with Crippen LogP contribution >= 0.6 is 34.5 Å². The van der Waals surface area contributed by atoms with E-state index in [1.165, 1.54) is 11.3 Å². The molecule has 2 heterocycles. The molecule has 3 aromatic rings. The van der Waals surface area contributed by atoms with Crippen LogP contribution in [0, 0.1) is 0 Å². The Morgan fingerprint density at radius 3 is 2.63 bits per heavy atom. The molecule has 2 aromatic heterocycles. The van der Waals surface area contributed by atoms with Crippen molar-refractivity contribution in [2.45, 2.75) is 4.84 Å². The lowest BCUT2D eigenvalue weighted by Crippen LogP contribution is -2.11. The van der Waals surface area contributed by atoms with Crippen molar-refractivity contribution in [1.82, 2.24) is 9.97 Å². The molecule has 3 rings (SSSR count). The first kappa shape index (κ1) is 12.7. The molecule has 0 fully saturated rings. The molecule has 6 heteroatoms. The number of fused-ring (bicyclic) bond motifs is 1. The third kappa shape index (κ3) is 2.27. The number of hydrogen-bond acceptors (Lipinski definition) is 3. The summed E-state index contributed by atoms with van der Waals surface area (Å²) in [5.41, 5.74) is 1.65. The maximum Gasteiger partial charge on any atom is 0.260 e. The van der Waals surface area contributed by atoms with Crippen molar-refractivity contribution >= 4 is 44.8 Å². The van der Waals surface area contributed by atoms with Crippen LogP contribution in [0.3, 0.4) is 0 Å². The highest BCUT2D eigenvalue weighted by molar-refractivity contribution is 7.17. The number of halogens is 2. The highest BCUT2D eigenvalue weighted by Crippen LogP contribution is 2.31. The van der Waals surface area contributed by atoms with Gasteiger partial charge >= 0.3 is 0 Å². The highest BCUT2D eigenvalue weighted by atomic mass is 35.5. The summed E-state index contributed by atoms with van der Waals surface area (Å²) >= 11 is 12.9. The van der Waals surface area contributed by atoms with Gasteiger partial charge in [-0.2, -0.15) is 0 Å². The molecular formula is C13H8Cl2N2OS. The first-order valence-electron chi connectivity index (χ1n) is 5.52. The van der Waals surface area contributed by atoms with E-state index in [-0.39, 0.29) is 11.4 Å². The van der Waals surface area contributed by atoms with Gasteiger partial charge in [-0.3, -0.25) is 4.79 Å². The zero-order valence-electron chi connectivity index (χ0n) is 9.56. The summed E-state index contributed by atoms with van der Waals surface area (Å²) in [4.78, 5) is 18.9. The summed E-state index contributed by atoms with van der Waals surface area (Å²) in [5, 5.41) is 2.50. The Morgan fingerprint density at radius 1 is 1.21 bits per heavy atom. The van der Waals surface area contributed by atoms with E-state index in [2.05, 4.69) is 9.97 Å². The third-order valence-corrected chi connectivity index (χ3v) is 4.04. The van der Waals surface area contributed by atoms with Gasteiger partial charge in [0, 0.05) is 10.9 Å². The maximum absolute atomic E-state index is 12.2. The van der Waals surface area contributed by atoms with Gasteiger partial charge in [0.05, 0.1) is 5.39 Å². The van der Waals surface area contributed by atoms with Crippen molar-refractivity contribution in [3.05, 3.63) is 51.9 Å². The molecule has 0 saturated carbocycles. The van der Waals surface area contributed by atoms with Gasteiger partial charge in [0.1, 0.15) is 10.7 Å². The molecule has 19 heavy (non-hydrogen) atoms. The molecule has 0 radical (unpaired) electrons. The van der Waals surface area contributed by atoms with E-state index >= 15 is 0 Å². The van der Waals surface area contributed by atoms with E-state index in [1.807, 2.05) is 35.7 Å². The first-order valence-corrected chi connectivity index (χ1v) is 7.27. The minimum Gasteiger partial charge on any atom is -0.308 e. The summed E-state index contributed by atoms with van der Waals surface area (Å²) in [7, 11) is 0. The standard InChI is InChI=1S/C13H8Cl2N2OS/c14-10(15)11-16-12(18)9-8(6-19-13(9)17-11)7-4-2-1-3-5-7/h1-6,10H,(H,16,17,18). The summed E-state index contributed by atoms with van der Waals surface area (Å²) in [6.45, 7) is 0. The molecule has 3 nitrogen and oxygen atoms in total. The monoisotopic (exact) mass is 310 g/mol. The summed E-state index contributed by atoms with van der Waals surface area (Å²) in [6.07, 6.45) is 0. The second-order valence-corrected chi connectivity index (χ2v) is 5.90. The zero-order chi connectivity index (χ0) is 13.4. The van der Waals surface area contributed by atoms with Crippen LogP contribution in [0.1, 0.15) is 10.7 Å².